The molecule has 23 heavy (non-hydrogen) atoms. The van der Waals surface area contributed by atoms with Gasteiger partial charge in [0, 0.05) is 17.8 Å². The summed E-state index contributed by atoms with van der Waals surface area (Å²) in [5.41, 5.74) is 2.43. The third kappa shape index (κ3) is 4.39. The lowest BCUT2D eigenvalue weighted by Crippen LogP contribution is -2.05. The van der Waals surface area contributed by atoms with E-state index in [1.165, 1.54) is 0 Å². The van der Waals surface area contributed by atoms with Crippen LogP contribution in [0.25, 0.3) is 0 Å². The van der Waals surface area contributed by atoms with Crippen molar-refractivity contribution >= 4 is 11.7 Å². The first kappa shape index (κ1) is 16.7. The zero-order valence-corrected chi connectivity index (χ0v) is 13.6. The smallest absolute Gasteiger partial charge is 0.338 e. The average Bonchev–Trinajstić information content (AvgIpc) is 2.60. The molecule has 2 aromatic carbocycles. The highest BCUT2D eigenvalue weighted by molar-refractivity contribution is 5.89. The lowest BCUT2D eigenvalue weighted by atomic mass is 10.1. The molecule has 0 fully saturated rings. The Bertz CT molecular complexity index is 653. The molecule has 0 aliphatic carbocycles. The summed E-state index contributed by atoms with van der Waals surface area (Å²) in [7, 11) is 3.27. The van der Waals surface area contributed by atoms with Crippen molar-refractivity contribution < 1.29 is 19.0 Å². The second-order valence-electron chi connectivity index (χ2n) is 4.83. The molecule has 0 radical (unpaired) electrons. The van der Waals surface area contributed by atoms with Crippen LogP contribution in [0.2, 0.25) is 0 Å². The molecule has 0 atom stereocenters. The van der Waals surface area contributed by atoms with Gasteiger partial charge in [-0.3, -0.25) is 0 Å². The van der Waals surface area contributed by atoms with Gasteiger partial charge in [0.25, 0.3) is 0 Å². The Labute approximate surface area is 136 Å². The van der Waals surface area contributed by atoms with E-state index in [-0.39, 0.29) is 5.97 Å². The van der Waals surface area contributed by atoms with Gasteiger partial charge in [0.2, 0.25) is 0 Å². The van der Waals surface area contributed by atoms with Crippen molar-refractivity contribution in [2.45, 2.75) is 13.5 Å². The topological polar surface area (TPSA) is 56.8 Å². The van der Waals surface area contributed by atoms with Gasteiger partial charge in [0.1, 0.15) is 11.5 Å². The largest absolute Gasteiger partial charge is 0.497 e. The minimum absolute atomic E-state index is 0.312. The number of carbonyl (C=O) groups is 1. The van der Waals surface area contributed by atoms with Gasteiger partial charge in [0.15, 0.2) is 0 Å². The summed E-state index contributed by atoms with van der Waals surface area (Å²) in [5, 5.41) is 3.30. The van der Waals surface area contributed by atoms with E-state index in [0.717, 1.165) is 22.7 Å². The first-order valence-electron chi connectivity index (χ1n) is 7.40. The van der Waals surface area contributed by atoms with Crippen LogP contribution in [0.4, 0.5) is 5.69 Å². The van der Waals surface area contributed by atoms with Gasteiger partial charge in [-0.25, -0.2) is 4.79 Å². The monoisotopic (exact) mass is 315 g/mol. The van der Waals surface area contributed by atoms with Crippen LogP contribution in [0.3, 0.4) is 0 Å². The van der Waals surface area contributed by atoms with Gasteiger partial charge in [-0.2, -0.15) is 0 Å². The molecule has 0 heterocycles. The van der Waals surface area contributed by atoms with Gasteiger partial charge >= 0.3 is 5.97 Å². The van der Waals surface area contributed by atoms with E-state index in [4.69, 9.17) is 14.2 Å². The van der Waals surface area contributed by atoms with E-state index in [9.17, 15) is 4.79 Å². The van der Waals surface area contributed by atoms with Gasteiger partial charge in [-0.05, 0) is 49.4 Å². The molecule has 5 heteroatoms. The van der Waals surface area contributed by atoms with Gasteiger partial charge in [0.05, 0.1) is 26.4 Å². The SMILES string of the molecule is CCOC(=O)c1ccc(NCc2cc(OC)ccc2OC)cc1. The molecule has 122 valence electrons. The lowest BCUT2D eigenvalue weighted by molar-refractivity contribution is 0.0526. The van der Waals surface area contributed by atoms with Crippen LogP contribution in [0, 0.1) is 0 Å². The number of hydrogen-bond donors (Lipinski definition) is 1. The van der Waals surface area contributed by atoms with Gasteiger partial charge in [-0.15, -0.1) is 0 Å². The Balaban J connectivity index is 2.04. The summed E-state index contributed by atoms with van der Waals surface area (Å²) in [6.07, 6.45) is 0. The van der Waals surface area contributed by atoms with Crippen LogP contribution < -0.4 is 14.8 Å². The Kier molecular flexibility index (Phi) is 5.86. The summed E-state index contributed by atoms with van der Waals surface area (Å²) in [6.45, 7) is 2.74. The fourth-order valence-electron chi connectivity index (χ4n) is 2.16. The number of carbonyl (C=O) groups excluding carboxylic acids is 1. The second-order valence-corrected chi connectivity index (χ2v) is 4.83. The normalized spacial score (nSPS) is 10.0. The number of hydrogen-bond acceptors (Lipinski definition) is 5. The standard InChI is InChI=1S/C18H21NO4/c1-4-23-18(20)13-5-7-15(8-6-13)19-12-14-11-16(21-2)9-10-17(14)22-3/h5-11,19H,4,12H2,1-3H3. The summed E-state index contributed by atoms with van der Waals surface area (Å²) >= 11 is 0. The van der Waals surface area contributed by atoms with E-state index in [1.54, 1.807) is 33.3 Å². The highest BCUT2D eigenvalue weighted by Gasteiger charge is 2.07. The first-order valence-corrected chi connectivity index (χ1v) is 7.40. The number of nitrogens with one attached hydrogen (secondary N) is 1. The molecule has 0 saturated heterocycles. The molecule has 0 aromatic heterocycles. The van der Waals surface area contributed by atoms with Crippen LogP contribution in [-0.4, -0.2) is 26.8 Å². The maximum absolute atomic E-state index is 11.6. The Hall–Kier alpha value is -2.69. The van der Waals surface area contributed by atoms with E-state index in [1.807, 2.05) is 30.3 Å². The van der Waals surface area contributed by atoms with Crippen LogP contribution in [-0.2, 0) is 11.3 Å². The van der Waals surface area contributed by atoms with Crippen LogP contribution in [0.5, 0.6) is 11.5 Å². The number of benzene rings is 2. The second kappa shape index (κ2) is 8.08. The molecule has 2 aromatic rings. The van der Waals surface area contributed by atoms with Crippen LogP contribution in [0.15, 0.2) is 42.5 Å². The summed E-state index contributed by atoms with van der Waals surface area (Å²) < 4.78 is 15.6. The maximum Gasteiger partial charge on any atom is 0.338 e. The van der Waals surface area contributed by atoms with Gasteiger partial charge < -0.3 is 19.5 Å². The summed E-state index contributed by atoms with van der Waals surface area (Å²) in [4.78, 5) is 11.6. The van der Waals surface area contributed by atoms with Crippen molar-refractivity contribution in [2.75, 3.05) is 26.1 Å². The molecule has 0 aliphatic heterocycles. The Morgan fingerprint density at radius 3 is 2.39 bits per heavy atom. The molecule has 0 unspecified atom stereocenters. The molecule has 0 amide bonds. The van der Waals surface area contributed by atoms with E-state index >= 15 is 0 Å². The molecule has 0 saturated carbocycles. The summed E-state index contributed by atoms with van der Waals surface area (Å²) in [5.74, 6) is 1.26. The number of anilines is 1. The van der Waals surface area contributed by atoms with Crippen molar-refractivity contribution in [3.8, 4) is 11.5 Å². The molecule has 0 spiro atoms. The Morgan fingerprint density at radius 2 is 1.78 bits per heavy atom. The van der Waals surface area contributed by atoms with E-state index in [2.05, 4.69) is 5.32 Å². The quantitative estimate of drug-likeness (QED) is 0.793. The molecular formula is C18H21NO4. The fourth-order valence-corrected chi connectivity index (χ4v) is 2.16. The minimum atomic E-state index is -0.312. The maximum atomic E-state index is 11.6. The molecular weight excluding hydrogens is 294 g/mol. The zero-order chi connectivity index (χ0) is 16.7. The van der Waals surface area contributed by atoms with E-state index < -0.39 is 0 Å². The van der Waals surface area contributed by atoms with E-state index in [0.29, 0.717) is 18.7 Å². The zero-order valence-electron chi connectivity index (χ0n) is 13.6. The minimum Gasteiger partial charge on any atom is -0.497 e. The average molecular weight is 315 g/mol. The van der Waals surface area contributed by atoms with Gasteiger partial charge in [-0.1, -0.05) is 0 Å². The number of esters is 1. The molecule has 1 N–H and O–H groups in total. The van der Waals surface area contributed by atoms with Crippen LogP contribution >= 0.6 is 0 Å². The molecule has 0 bridgehead atoms. The van der Waals surface area contributed by atoms with Crippen molar-refractivity contribution in [3.05, 3.63) is 53.6 Å². The third-order valence-corrected chi connectivity index (χ3v) is 3.37. The predicted octanol–water partition coefficient (Wildman–Crippen LogP) is 3.49. The lowest BCUT2D eigenvalue weighted by Gasteiger charge is -2.12. The van der Waals surface area contributed by atoms with Crippen LogP contribution in [0.1, 0.15) is 22.8 Å². The molecule has 5 nitrogen and oxygen atoms in total. The third-order valence-electron chi connectivity index (χ3n) is 3.37. The molecule has 2 rings (SSSR count). The highest BCUT2D eigenvalue weighted by atomic mass is 16.5. The number of ether oxygens (including phenoxy) is 3. The number of rotatable bonds is 7. The van der Waals surface area contributed by atoms with Crippen molar-refractivity contribution in [2.24, 2.45) is 0 Å². The molecule has 0 aliphatic rings. The first-order chi connectivity index (χ1) is 11.2. The predicted molar refractivity (Wildman–Crippen MR) is 89.3 cm³/mol. The number of methoxy groups -OCH3 is 2. The Morgan fingerprint density at radius 1 is 1.04 bits per heavy atom. The van der Waals surface area contributed by atoms with Crippen molar-refractivity contribution in [1.82, 2.24) is 0 Å². The van der Waals surface area contributed by atoms with Crippen molar-refractivity contribution in [3.63, 3.8) is 0 Å². The highest BCUT2D eigenvalue weighted by Crippen LogP contribution is 2.25. The van der Waals surface area contributed by atoms with Crippen molar-refractivity contribution in [1.29, 1.82) is 0 Å². The summed E-state index contributed by atoms with van der Waals surface area (Å²) in [6, 6.07) is 12.8. The fraction of sp³-hybridized carbons (Fsp3) is 0.278.